The zero-order valence-corrected chi connectivity index (χ0v) is 16.3. The first kappa shape index (κ1) is 18.2. The van der Waals surface area contributed by atoms with Crippen molar-refractivity contribution in [2.45, 2.75) is 19.4 Å². The van der Waals surface area contributed by atoms with Gasteiger partial charge in [-0.25, -0.2) is 8.42 Å². The lowest BCUT2D eigenvalue weighted by Gasteiger charge is -2.26. The first-order valence-corrected chi connectivity index (χ1v) is 10.8. The van der Waals surface area contributed by atoms with E-state index in [9.17, 15) is 13.2 Å². The van der Waals surface area contributed by atoms with Crippen molar-refractivity contribution >= 4 is 42.4 Å². The van der Waals surface area contributed by atoms with Gasteiger partial charge in [0.05, 0.1) is 11.5 Å². The molecule has 5 nitrogen and oxygen atoms in total. The van der Waals surface area contributed by atoms with Crippen molar-refractivity contribution in [3.05, 3.63) is 40.9 Å². The zero-order valence-electron chi connectivity index (χ0n) is 13.9. The third-order valence-electron chi connectivity index (χ3n) is 4.45. The molecule has 0 aliphatic carbocycles. The Morgan fingerprint density at radius 3 is 2.64 bits per heavy atom. The molecule has 1 unspecified atom stereocenters. The molecule has 3 rings (SSSR count). The van der Waals surface area contributed by atoms with Crippen molar-refractivity contribution in [1.29, 1.82) is 0 Å². The lowest BCUT2D eigenvalue weighted by molar-refractivity contribution is -0.135. The van der Waals surface area contributed by atoms with E-state index in [0.29, 0.717) is 18.7 Å². The number of sulfone groups is 1. The number of carbonyl (C=O) groups excluding carboxylic acids is 1. The molecule has 0 bridgehead atoms. The number of hydrogen-bond acceptors (Lipinski definition) is 4. The Kier molecular flexibility index (Phi) is 5.34. The predicted molar refractivity (Wildman–Crippen MR) is 102 cm³/mol. The SMILES string of the molecule is CCN(C(=O)COc1ccc2cc(Br)ccc2c1)C1CCS(=O)(=O)C1. The smallest absolute Gasteiger partial charge is 0.260 e. The van der Waals surface area contributed by atoms with Gasteiger partial charge in [0, 0.05) is 17.1 Å². The van der Waals surface area contributed by atoms with Crippen LogP contribution in [-0.4, -0.2) is 49.9 Å². The second-order valence-electron chi connectivity index (χ2n) is 6.18. The van der Waals surface area contributed by atoms with Crippen LogP contribution in [0.25, 0.3) is 10.8 Å². The molecule has 1 heterocycles. The fourth-order valence-electron chi connectivity index (χ4n) is 3.17. The number of nitrogens with zero attached hydrogens (tertiary/aromatic N) is 1. The van der Waals surface area contributed by atoms with Gasteiger partial charge in [-0.2, -0.15) is 0 Å². The summed E-state index contributed by atoms with van der Waals surface area (Å²) >= 11 is 3.44. The highest BCUT2D eigenvalue weighted by molar-refractivity contribution is 9.10. The predicted octanol–water partition coefficient (Wildman–Crippen LogP) is 3.02. The lowest BCUT2D eigenvalue weighted by atomic mass is 10.1. The van der Waals surface area contributed by atoms with Gasteiger partial charge in [0.15, 0.2) is 16.4 Å². The molecule has 1 fully saturated rings. The topological polar surface area (TPSA) is 63.7 Å². The van der Waals surface area contributed by atoms with Gasteiger partial charge in [0.2, 0.25) is 0 Å². The zero-order chi connectivity index (χ0) is 18.0. The molecule has 1 aliphatic rings. The number of likely N-dealkylation sites (N-methyl/N-ethyl adjacent to an activating group) is 1. The summed E-state index contributed by atoms with van der Waals surface area (Å²) in [6.07, 6.45) is 0.507. The van der Waals surface area contributed by atoms with Gasteiger partial charge in [0.1, 0.15) is 5.75 Å². The number of hydrogen-bond donors (Lipinski definition) is 0. The van der Waals surface area contributed by atoms with Crippen molar-refractivity contribution in [2.24, 2.45) is 0 Å². The van der Waals surface area contributed by atoms with Crippen molar-refractivity contribution in [3.8, 4) is 5.75 Å². The summed E-state index contributed by atoms with van der Waals surface area (Å²) < 4.78 is 29.9. The Labute approximate surface area is 156 Å². The van der Waals surface area contributed by atoms with Crippen LogP contribution in [0.15, 0.2) is 40.9 Å². The third kappa shape index (κ3) is 4.33. The average molecular weight is 426 g/mol. The summed E-state index contributed by atoms with van der Waals surface area (Å²) in [6.45, 7) is 2.25. The summed E-state index contributed by atoms with van der Waals surface area (Å²) in [5.74, 6) is 0.652. The summed E-state index contributed by atoms with van der Waals surface area (Å²) in [7, 11) is -3.02. The quantitative estimate of drug-likeness (QED) is 0.738. The van der Waals surface area contributed by atoms with Crippen molar-refractivity contribution in [2.75, 3.05) is 24.7 Å². The molecular formula is C18H20BrNO4S. The highest BCUT2D eigenvalue weighted by atomic mass is 79.9. The van der Waals surface area contributed by atoms with E-state index in [1.807, 2.05) is 43.3 Å². The molecule has 134 valence electrons. The van der Waals surface area contributed by atoms with Gasteiger partial charge in [-0.15, -0.1) is 0 Å². The molecule has 1 saturated heterocycles. The molecule has 1 amide bonds. The Balaban J connectivity index is 1.65. The van der Waals surface area contributed by atoms with E-state index in [2.05, 4.69) is 15.9 Å². The Morgan fingerprint density at radius 2 is 1.96 bits per heavy atom. The first-order valence-electron chi connectivity index (χ1n) is 8.20. The lowest BCUT2D eigenvalue weighted by Crippen LogP contribution is -2.43. The standard InChI is InChI=1S/C18H20BrNO4S/c1-2-20(16-7-8-25(22,23)12-16)18(21)11-24-17-6-4-13-9-15(19)5-3-14(13)10-17/h3-6,9-10,16H,2,7-8,11-12H2,1H3. The van der Waals surface area contributed by atoms with Crippen LogP contribution in [0.5, 0.6) is 5.75 Å². The number of ether oxygens (including phenoxy) is 1. The van der Waals surface area contributed by atoms with Gasteiger partial charge in [0.25, 0.3) is 5.91 Å². The second-order valence-corrected chi connectivity index (χ2v) is 9.32. The maximum atomic E-state index is 12.5. The molecule has 2 aromatic carbocycles. The Hall–Kier alpha value is -1.60. The summed E-state index contributed by atoms with van der Waals surface area (Å²) in [5.41, 5.74) is 0. The maximum Gasteiger partial charge on any atom is 0.260 e. The number of carbonyl (C=O) groups is 1. The monoisotopic (exact) mass is 425 g/mol. The Morgan fingerprint density at radius 1 is 1.24 bits per heavy atom. The van der Waals surface area contributed by atoms with Crippen LogP contribution in [0.3, 0.4) is 0 Å². The third-order valence-corrected chi connectivity index (χ3v) is 6.69. The molecule has 7 heteroatoms. The van der Waals surface area contributed by atoms with Gasteiger partial charge in [-0.05, 0) is 48.4 Å². The highest BCUT2D eigenvalue weighted by Crippen LogP contribution is 2.24. The normalized spacial score (nSPS) is 19.0. The number of halogens is 1. The van der Waals surface area contributed by atoms with Crippen molar-refractivity contribution < 1.29 is 17.9 Å². The minimum absolute atomic E-state index is 0.0530. The minimum Gasteiger partial charge on any atom is -0.484 e. The van der Waals surface area contributed by atoms with Gasteiger partial charge in [-0.1, -0.05) is 28.1 Å². The van der Waals surface area contributed by atoms with Crippen LogP contribution in [0.4, 0.5) is 0 Å². The van der Waals surface area contributed by atoms with Crippen LogP contribution in [-0.2, 0) is 14.6 Å². The fourth-order valence-corrected chi connectivity index (χ4v) is 5.28. The number of benzene rings is 2. The largest absolute Gasteiger partial charge is 0.484 e. The van der Waals surface area contributed by atoms with E-state index in [0.717, 1.165) is 15.2 Å². The first-order chi connectivity index (χ1) is 11.9. The van der Waals surface area contributed by atoms with Crippen LogP contribution >= 0.6 is 15.9 Å². The van der Waals surface area contributed by atoms with E-state index < -0.39 is 9.84 Å². The summed E-state index contributed by atoms with van der Waals surface area (Å²) in [5, 5.41) is 2.11. The van der Waals surface area contributed by atoms with E-state index in [4.69, 9.17) is 4.74 Å². The molecule has 2 aromatic rings. The number of fused-ring (bicyclic) bond motifs is 1. The maximum absolute atomic E-state index is 12.5. The Bertz CT molecular complexity index is 897. The molecular weight excluding hydrogens is 406 g/mol. The molecule has 0 radical (unpaired) electrons. The molecule has 1 atom stereocenters. The highest BCUT2D eigenvalue weighted by Gasteiger charge is 2.33. The molecule has 0 spiro atoms. The second kappa shape index (κ2) is 7.33. The van der Waals surface area contributed by atoms with E-state index >= 15 is 0 Å². The fraction of sp³-hybridized carbons (Fsp3) is 0.389. The van der Waals surface area contributed by atoms with E-state index in [-0.39, 0.29) is 30.1 Å². The molecule has 1 aliphatic heterocycles. The number of amides is 1. The van der Waals surface area contributed by atoms with E-state index in [1.165, 1.54) is 0 Å². The molecule has 0 saturated carbocycles. The van der Waals surface area contributed by atoms with Crippen molar-refractivity contribution in [1.82, 2.24) is 4.90 Å². The molecule has 0 aromatic heterocycles. The van der Waals surface area contributed by atoms with E-state index in [1.54, 1.807) is 4.90 Å². The van der Waals surface area contributed by atoms with Crippen LogP contribution in [0.2, 0.25) is 0 Å². The van der Waals surface area contributed by atoms with Gasteiger partial charge < -0.3 is 9.64 Å². The average Bonchev–Trinajstić information content (AvgIpc) is 2.93. The summed E-state index contributed by atoms with van der Waals surface area (Å²) in [4.78, 5) is 14.1. The number of rotatable bonds is 5. The van der Waals surface area contributed by atoms with Crippen molar-refractivity contribution in [3.63, 3.8) is 0 Å². The van der Waals surface area contributed by atoms with Crippen LogP contribution < -0.4 is 4.74 Å². The minimum atomic E-state index is -3.02. The van der Waals surface area contributed by atoms with Crippen LogP contribution in [0.1, 0.15) is 13.3 Å². The van der Waals surface area contributed by atoms with Gasteiger partial charge >= 0.3 is 0 Å². The van der Waals surface area contributed by atoms with Crippen LogP contribution in [0, 0.1) is 0 Å². The molecule has 25 heavy (non-hydrogen) atoms. The summed E-state index contributed by atoms with van der Waals surface area (Å²) in [6, 6.07) is 11.4. The molecule has 0 N–H and O–H groups in total. The van der Waals surface area contributed by atoms with Gasteiger partial charge in [-0.3, -0.25) is 4.79 Å².